The van der Waals surface area contributed by atoms with Crippen molar-refractivity contribution >= 4 is 29.3 Å². The zero-order chi connectivity index (χ0) is 9.84. The van der Waals surface area contributed by atoms with Crippen molar-refractivity contribution in [2.24, 2.45) is 0 Å². The number of halogens is 4. The molecule has 0 atom stereocenters. The Balaban J connectivity index is 3.11. The molecule has 0 aliphatic carbocycles. The molecule has 0 unspecified atom stereocenters. The molecule has 0 aliphatic rings. The van der Waals surface area contributed by atoms with E-state index in [4.69, 9.17) is 23.2 Å². The molecule has 0 saturated heterocycles. The Bertz CT molecular complexity index is 335. The van der Waals surface area contributed by atoms with Crippen molar-refractivity contribution in [1.82, 2.24) is 0 Å². The van der Waals surface area contributed by atoms with E-state index in [2.05, 4.69) is 0 Å². The lowest BCUT2D eigenvalue weighted by Gasteiger charge is -1.99. The van der Waals surface area contributed by atoms with E-state index in [9.17, 15) is 8.78 Å². The van der Waals surface area contributed by atoms with Gasteiger partial charge in [-0.3, -0.25) is 0 Å². The van der Waals surface area contributed by atoms with Crippen molar-refractivity contribution in [2.75, 3.05) is 5.88 Å². The molecule has 1 aromatic rings. The van der Waals surface area contributed by atoms with Crippen LogP contribution in [0.1, 0.15) is 5.56 Å². The molecule has 13 heavy (non-hydrogen) atoms. The second-order valence-electron chi connectivity index (χ2n) is 2.32. The van der Waals surface area contributed by atoms with Crippen LogP contribution in [-0.2, 0) is 0 Å². The van der Waals surface area contributed by atoms with Crippen LogP contribution < -0.4 is 0 Å². The van der Waals surface area contributed by atoms with E-state index in [0.29, 0.717) is 0 Å². The highest BCUT2D eigenvalue weighted by Gasteiger charge is 2.08. The summed E-state index contributed by atoms with van der Waals surface area (Å²) < 4.78 is 25.8. The standard InChI is InChI=1S/C9H6Cl2F2/c10-5-1-2-6-3-4-7(12)8(11)9(6)13/h1-4H,5H2. The maximum absolute atomic E-state index is 13.1. The van der Waals surface area contributed by atoms with Gasteiger partial charge in [0, 0.05) is 11.4 Å². The molecule has 0 aromatic heterocycles. The molecule has 70 valence electrons. The molecule has 0 heterocycles. The molecule has 0 spiro atoms. The van der Waals surface area contributed by atoms with E-state index in [1.54, 1.807) is 6.08 Å². The Labute approximate surface area is 84.8 Å². The molecule has 0 bridgehead atoms. The summed E-state index contributed by atoms with van der Waals surface area (Å²) in [7, 11) is 0. The van der Waals surface area contributed by atoms with Gasteiger partial charge in [-0.2, -0.15) is 0 Å². The fraction of sp³-hybridized carbons (Fsp3) is 0.111. The third-order valence-electron chi connectivity index (χ3n) is 1.45. The van der Waals surface area contributed by atoms with Crippen LogP contribution in [0.25, 0.3) is 6.08 Å². The van der Waals surface area contributed by atoms with Crippen LogP contribution >= 0.6 is 23.2 Å². The Hall–Kier alpha value is -0.600. The monoisotopic (exact) mass is 222 g/mol. The second kappa shape index (κ2) is 4.58. The summed E-state index contributed by atoms with van der Waals surface area (Å²) in [6.45, 7) is 0. The molecule has 0 saturated carbocycles. The lowest BCUT2D eigenvalue weighted by atomic mass is 10.2. The van der Waals surface area contributed by atoms with Crippen LogP contribution in [-0.4, -0.2) is 5.88 Å². The zero-order valence-electron chi connectivity index (χ0n) is 6.53. The van der Waals surface area contributed by atoms with Crippen LogP contribution in [0, 0.1) is 11.6 Å². The molecule has 0 aliphatic heterocycles. The van der Waals surface area contributed by atoms with Gasteiger partial charge in [-0.15, -0.1) is 11.6 Å². The third kappa shape index (κ3) is 2.42. The predicted octanol–water partition coefficient (Wildman–Crippen LogP) is 3.87. The largest absolute Gasteiger partial charge is 0.205 e. The highest BCUT2D eigenvalue weighted by atomic mass is 35.5. The van der Waals surface area contributed by atoms with Gasteiger partial charge in [-0.05, 0) is 12.1 Å². The lowest BCUT2D eigenvalue weighted by molar-refractivity contribution is 0.582. The topological polar surface area (TPSA) is 0 Å². The Morgan fingerprint density at radius 3 is 2.62 bits per heavy atom. The molecule has 0 nitrogen and oxygen atoms in total. The molecule has 0 amide bonds. The molecular formula is C9H6Cl2F2. The minimum Gasteiger partial charge on any atom is -0.205 e. The highest BCUT2D eigenvalue weighted by molar-refractivity contribution is 6.31. The summed E-state index contributed by atoms with van der Waals surface area (Å²) >= 11 is 10.7. The number of allylic oxidation sites excluding steroid dienone is 1. The van der Waals surface area contributed by atoms with E-state index in [0.717, 1.165) is 6.07 Å². The Morgan fingerprint density at radius 1 is 1.31 bits per heavy atom. The van der Waals surface area contributed by atoms with Gasteiger partial charge in [-0.25, -0.2) is 8.78 Å². The third-order valence-corrected chi connectivity index (χ3v) is 1.98. The number of rotatable bonds is 2. The summed E-state index contributed by atoms with van der Waals surface area (Å²) in [6.07, 6.45) is 3.00. The first kappa shape index (κ1) is 10.5. The minimum absolute atomic E-state index is 0.229. The predicted molar refractivity (Wildman–Crippen MR) is 51.1 cm³/mol. The van der Waals surface area contributed by atoms with E-state index >= 15 is 0 Å². The average Bonchev–Trinajstić information content (AvgIpc) is 2.13. The molecule has 4 heteroatoms. The van der Waals surface area contributed by atoms with Crippen LogP contribution in [0.4, 0.5) is 8.78 Å². The van der Waals surface area contributed by atoms with Gasteiger partial charge in [0.25, 0.3) is 0 Å². The fourth-order valence-electron chi connectivity index (χ4n) is 0.841. The van der Waals surface area contributed by atoms with E-state index in [-0.39, 0.29) is 11.4 Å². The summed E-state index contributed by atoms with van der Waals surface area (Å²) in [5.74, 6) is -1.25. The van der Waals surface area contributed by atoms with Crippen molar-refractivity contribution in [3.63, 3.8) is 0 Å². The van der Waals surface area contributed by atoms with Crippen molar-refractivity contribution in [2.45, 2.75) is 0 Å². The minimum atomic E-state index is -0.762. The molecule has 0 fully saturated rings. The molecule has 1 rings (SSSR count). The molecule has 0 radical (unpaired) electrons. The van der Waals surface area contributed by atoms with Gasteiger partial charge in [0.1, 0.15) is 10.8 Å². The fourth-order valence-corrected chi connectivity index (χ4v) is 1.10. The maximum Gasteiger partial charge on any atom is 0.151 e. The van der Waals surface area contributed by atoms with Crippen molar-refractivity contribution < 1.29 is 8.78 Å². The highest BCUT2D eigenvalue weighted by Crippen LogP contribution is 2.22. The van der Waals surface area contributed by atoms with Crippen LogP contribution in [0.15, 0.2) is 18.2 Å². The van der Waals surface area contributed by atoms with E-state index in [1.165, 1.54) is 12.1 Å². The number of benzene rings is 1. The van der Waals surface area contributed by atoms with E-state index < -0.39 is 16.7 Å². The van der Waals surface area contributed by atoms with Crippen LogP contribution in [0.3, 0.4) is 0 Å². The van der Waals surface area contributed by atoms with Gasteiger partial charge in [0.2, 0.25) is 0 Å². The van der Waals surface area contributed by atoms with Crippen molar-refractivity contribution in [3.8, 4) is 0 Å². The van der Waals surface area contributed by atoms with Gasteiger partial charge in [0.05, 0.1) is 0 Å². The van der Waals surface area contributed by atoms with Gasteiger partial charge in [-0.1, -0.05) is 23.8 Å². The number of hydrogen-bond acceptors (Lipinski definition) is 0. The second-order valence-corrected chi connectivity index (χ2v) is 3.01. The lowest BCUT2D eigenvalue weighted by Crippen LogP contribution is -1.87. The van der Waals surface area contributed by atoms with Gasteiger partial charge < -0.3 is 0 Å². The zero-order valence-corrected chi connectivity index (χ0v) is 8.04. The Kier molecular flexibility index (Phi) is 3.70. The number of alkyl halides is 1. The normalized spacial score (nSPS) is 11.1. The van der Waals surface area contributed by atoms with Crippen LogP contribution in [0.5, 0.6) is 0 Å². The summed E-state index contributed by atoms with van der Waals surface area (Å²) in [5, 5.41) is -0.489. The van der Waals surface area contributed by atoms with Gasteiger partial charge >= 0.3 is 0 Å². The Morgan fingerprint density at radius 2 is 2.00 bits per heavy atom. The summed E-state index contributed by atoms with van der Waals surface area (Å²) in [4.78, 5) is 0. The first-order valence-electron chi connectivity index (χ1n) is 3.53. The SMILES string of the molecule is Fc1ccc(C=CCCl)c(F)c1Cl. The van der Waals surface area contributed by atoms with Crippen molar-refractivity contribution in [3.05, 3.63) is 40.4 Å². The quantitative estimate of drug-likeness (QED) is 0.527. The van der Waals surface area contributed by atoms with Crippen molar-refractivity contribution in [1.29, 1.82) is 0 Å². The summed E-state index contributed by atoms with van der Waals surface area (Å²) in [5.41, 5.74) is 0.229. The molecule has 0 N–H and O–H groups in total. The molecule has 1 aromatic carbocycles. The maximum atomic E-state index is 13.1. The first-order chi connectivity index (χ1) is 6.16. The molecular weight excluding hydrogens is 217 g/mol. The average molecular weight is 223 g/mol. The van der Waals surface area contributed by atoms with Gasteiger partial charge in [0.15, 0.2) is 5.82 Å². The van der Waals surface area contributed by atoms with Crippen LogP contribution in [0.2, 0.25) is 5.02 Å². The first-order valence-corrected chi connectivity index (χ1v) is 4.44. The number of hydrogen-bond donors (Lipinski definition) is 0. The summed E-state index contributed by atoms with van der Waals surface area (Å²) in [6, 6.07) is 2.42. The smallest absolute Gasteiger partial charge is 0.151 e. The van der Waals surface area contributed by atoms with E-state index in [1.807, 2.05) is 0 Å².